The molecular weight excluding hydrogens is 431 g/mol. The Balaban J connectivity index is 0.000000253. The van der Waals surface area contributed by atoms with Gasteiger partial charge in [0.25, 0.3) is 0 Å². The third-order valence-corrected chi connectivity index (χ3v) is 5.25. The number of anilines is 1. The molecule has 1 aliphatic carbocycles. The van der Waals surface area contributed by atoms with Crippen LogP contribution in [0, 0.1) is 11.6 Å². The summed E-state index contributed by atoms with van der Waals surface area (Å²) in [6, 6.07) is 7.51. The zero-order valence-electron chi connectivity index (χ0n) is 15.0. The fraction of sp³-hybridized carbons (Fsp3) is 0.316. The van der Waals surface area contributed by atoms with Crippen LogP contribution in [-0.2, 0) is 11.1 Å². The third kappa shape index (κ3) is 6.45. The Hall–Kier alpha value is -2.10. The first kappa shape index (κ1) is 23.2. The van der Waals surface area contributed by atoms with Crippen molar-refractivity contribution in [3.05, 3.63) is 58.6 Å². The molecule has 0 amide bonds. The maximum atomic E-state index is 13.7. The highest BCUT2D eigenvalue weighted by atomic mass is 35.5. The van der Waals surface area contributed by atoms with Gasteiger partial charge in [0.2, 0.25) is 0 Å². The highest BCUT2D eigenvalue weighted by Gasteiger charge is 2.26. The Morgan fingerprint density at radius 2 is 1.72 bits per heavy atom. The lowest BCUT2D eigenvalue weighted by Gasteiger charge is -2.27. The van der Waals surface area contributed by atoms with Gasteiger partial charge in [-0.25, -0.2) is 18.0 Å². The summed E-state index contributed by atoms with van der Waals surface area (Å²) in [6.45, 7) is 0. The van der Waals surface area contributed by atoms with Crippen LogP contribution in [0.15, 0.2) is 41.3 Å². The fourth-order valence-corrected chi connectivity index (χ4v) is 3.30. The van der Waals surface area contributed by atoms with Gasteiger partial charge in [0.15, 0.2) is 11.6 Å². The molecule has 1 saturated carbocycles. The quantitative estimate of drug-likeness (QED) is 0.647. The van der Waals surface area contributed by atoms with Crippen LogP contribution in [-0.4, -0.2) is 32.1 Å². The van der Waals surface area contributed by atoms with Crippen molar-refractivity contribution in [3.8, 4) is 0 Å². The molecule has 0 heterocycles. The second-order valence-electron chi connectivity index (χ2n) is 6.33. The van der Waals surface area contributed by atoms with Crippen molar-refractivity contribution in [1.82, 2.24) is 0 Å². The summed E-state index contributed by atoms with van der Waals surface area (Å²) in [5.41, 5.74) is -0.930. The van der Waals surface area contributed by atoms with E-state index in [9.17, 15) is 26.7 Å². The molecule has 0 saturated heterocycles. The molecule has 158 valence electrons. The van der Waals surface area contributed by atoms with E-state index < -0.39 is 46.5 Å². The lowest BCUT2D eigenvalue weighted by Crippen LogP contribution is -2.34. The van der Waals surface area contributed by atoms with Crippen molar-refractivity contribution in [1.29, 1.82) is 0 Å². The summed E-state index contributed by atoms with van der Waals surface area (Å²) < 4.78 is 61.3. The molecule has 0 aromatic heterocycles. The number of carboxylic acids is 1. The minimum absolute atomic E-state index is 0.197. The molecular formula is C19H18ClF3NO4S-. The predicted octanol–water partition coefficient (Wildman–Crippen LogP) is 4.93. The van der Waals surface area contributed by atoms with Gasteiger partial charge < -0.3 is 15.0 Å². The molecule has 0 bridgehead atoms. The summed E-state index contributed by atoms with van der Waals surface area (Å²) in [5.74, 6) is -4.25. The number of halogens is 4. The van der Waals surface area contributed by atoms with Gasteiger partial charge in [-0.1, -0.05) is 24.4 Å². The number of alkyl halides is 1. The number of hydrogen-bond donors (Lipinski definition) is 2. The number of benzene rings is 2. The van der Waals surface area contributed by atoms with Gasteiger partial charge in [0.1, 0.15) is 6.17 Å². The molecule has 2 aromatic carbocycles. The number of carbonyl (C=O) groups is 1. The molecule has 0 spiro atoms. The predicted molar refractivity (Wildman–Crippen MR) is 103 cm³/mol. The zero-order valence-corrected chi connectivity index (χ0v) is 16.6. The highest BCUT2D eigenvalue weighted by Crippen LogP contribution is 2.27. The minimum atomic E-state index is -2.15. The van der Waals surface area contributed by atoms with E-state index in [0.29, 0.717) is 17.9 Å². The molecule has 29 heavy (non-hydrogen) atoms. The molecule has 5 nitrogen and oxygen atoms in total. The lowest BCUT2D eigenvalue weighted by atomic mass is 9.93. The van der Waals surface area contributed by atoms with Gasteiger partial charge >= 0.3 is 5.97 Å². The maximum Gasteiger partial charge on any atom is 0.338 e. The van der Waals surface area contributed by atoms with Crippen LogP contribution in [0.25, 0.3) is 0 Å². The Kier molecular flexibility index (Phi) is 8.48. The number of rotatable bonds is 4. The van der Waals surface area contributed by atoms with E-state index >= 15 is 0 Å². The van der Waals surface area contributed by atoms with E-state index in [-0.39, 0.29) is 10.6 Å². The molecule has 1 aliphatic rings. The Morgan fingerprint density at radius 3 is 2.28 bits per heavy atom. The van der Waals surface area contributed by atoms with Crippen molar-refractivity contribution >= 4 is 34.3 Å². The third-order valence-electron chi connectivity index (χ3n) is 4.34. The largest absolute Gasteiger partial charge is 0.768 e. The number of hydrogen-bond acceptors (Lipinski definition) is 4. The van der Waals surface area contributed by atoms with Gasteiger partial charge in [-0.05, 0) is 60.3 Å². The van der Waals surface area contributed by atoms with E-state index in [1.807, 2.05) is 0 Å². The van der Waals surface area contributed by atoms with Crippen molar-refractivity contribution in [2.45, 2.75) is 42.8 Å². The molecule has 3 atom stereocenters. The molecule has 3 rings (SSSR count). The SMILES string of the molecule is O=C(O)c1ccc(NC2CCCCC2F)c(F)c1F.O=S([O-])c1ccc(Cl)cc1. The first-order valence-electron chi connectivity index (χ1n) is 8.67. The zero-order chi connectivity index (χ0) is 21.6. The van der Waals surface area contributed by atoms with Gasteiger partial charge in [-0.3, -0.25) is 4.21 Å². The minimum Gasteiger partial charge on any atom is -0.768 e. The van der Waals surface area contributed by atoms with Gasteiger partial charge in [0, 0.05) is 9.92 Å². The van der Waals surface area contributed by atoms with Crippen molar-refractivity contribution in [3.63, 3.8) is 0 Å². The van der Waals surface area contributed by atoms with E-state index in [2.05, 4.69) is 5.32 Å². The Labute approximate surface area is 173 Å². The van der Waals surface area contributed by atoms with Gasteiger partial charge in [0.05, 0.1) is 17.3 Å². The van der Waals surface area contributed by atoms with Crippen LogP contribution in [0.4, 0.5) is 18.9 Å². The van der Waals surface area contributed by atoms with Crippen LogP contribution in [0.3, 0.4) is 0 Å². The number of nitrogens with one attached hydrogen (secondary N) is 1. The molecule has 1 fully saturated rings. The topological polar surface area (TPSA) is 89.5 Å². The van der Waals surface area contributed by atoms with Crippen molar-refractivity contribution < 1.29 is 31.8 Å². The normalized spacial score (nSPS) is 19.6. The summed E-state index contributed by atoms with van der Waals surface area (Å²) >= 11 is 3.37. The molecule has 0 radical (unpaired) electrons. The Bertz CT molecular complexity index is 883. The van der Waals surface area contributed by atoms with Crippen LogP contribution in [0.1, 0.15) is 36.0 Å². The lowest BCUT2D eigenvalue weighted by molar-refractivity contribution is 0.0690. The van der Waals surface area contributed by atoms with Gasteiger partial charge in [-0.15, -0.1) is 0 Å². The number of carboxylic acid groups (broad SMARTS) is 1. The second kappa shape index (κ2) is 10.6. The highest BCUT2D eigenvalue weighted by molar-refractivity contribution is 7.79. The molecule has 2 N–H and O–H groups in total. The smallest absolute Gasteiger partial charge is 0.338 e. The average molecular weight is 449 g/mol. The van der Waals surface area contributed by atoms with Gasteiger partial charge in [-0.2, -0.15) is 0 Å². The Morgan fingerprint density at radius 1 is 1.10 bits per heavy atom. The number of aromatic carboxylic acids is 1. The van der Waals surface area contributed by atoms with E-state index in [4.69, 9.17) is 16.7 Å². The van der Waals surface area contributed by atoms with E-state index in [0.717, 1.165) is 25.0 Å². The summed E-state index contributed by atoms with van der Waals surface area (Å²) in [7, 11) is 0. The van der Waals surface area contributed by atoms with Crippen LogP contribution in [0.5, 0.6) is 0 Å². The fourth-order valence-electron chi connectivity index (χ4n) is 2.82. The van der Waals surface area contributed by atoms with Crippen LogP contribution >= 0.6 is 11.6 Å². The van der Waals surface area contributed by atoms with E-state index in [1.165, 1.54) is 24.3 Å². The maximum absolute atomic E-state index is 13.7. The summed E-state index contributed by atoms with van der Waals surface area (Å²) in [4.78, 5) is 10.9. The first-order chi connectivity index (χ1) is 13.7. The average Bonchev–Trinajstić information content (AvgIpc) is 2.68. The van der Waals surface area contributed by atoms with Crippen LogP contribution < -0.4 is 5.32 Å². The van der Waals surface area contributed by atoms with Crippen molar-refractivity contribution in [2.24, 2.45) is 0 Å². The van der Waals surface area contributed by atoms with Crippen molar-refractivity contribution in [2.75, 3.05) is 5.32 Å². The summed E-state index contributed by atoms with van der Waals surface area (Å²) in [6.07, 6.45) is 1.46. The van der Waals surface area contributed by atoms with Crippen LogP contribution in [0.2, 0.25) is 5.02 Å². The second-order valence-corrected chi connectivity index (χ2v) is 7.71. The standard InChI is InChI=1S/C13H14F3NO2.C6H5ClO2S/c14-8-3-1-2-4-9(8)17-10-6-5-7(13(18)19)11(15)12(10)16;7-5-1-3-6(4-2-5)10(8)9/h5-6,8-9,17H,1-4H2,(H,18,19);1-4H,(H,8,9)/p-1. The molecule has 3 unspecified atom stereocenters. The van der Waals surface area contributed by atoms with E-state index in [1.54, 1.807) is 0 Å². The summed E-state index contributed by atoms with van der Waals surface area (Å²) in [5, 5.41) is 11.8. The molecule has 2 aromatic rings. The molecule has 0 aliphatic heterocycles. The first-order valence-corrected chi connectivity index (χ1v) is 10.1. The monoisotopic (exact) mass is 448 g/mol. The molecule has 10 heteroatoms.